The third-order valence-electron chi connectivity index (χ3n) is 3.90. The average Bonchev–Trinajstić information content (AvgIpc) is 2.98. The summed E-state index contributed by atoms with van der Waals surface area (Å²) in [5, 5.41) is 3.20. The second kappa shape index (κ2) is 8.77. The fourth-order valence-corrected chi connectivity index (χ4v) is 4.02. The largest absolute Gasteiger partial charge is 0.469 e. The number of aryl methyl sites for hydroxylation is 1. The van der Waals surface area contributed by atoms with Gasteiger partial charge in [0, 0.05) is 52.7 Å². The summed E-state index contributed by atoms with van der Waals surface area (Å²) in [6.45, 7) is 1.49. The number of methoxy groups -OCH3 is 1. The molecule has 1 aromatic rings. The van der Waals surface area contributed by atoms with Gasteiger partial charge in [0.05, 0.1) is 19.6 Å². The molecule has 1 fully saturated rings. The molecule has 1 aliphatic heterocycles. The van der Waals surface area contributed by atoms with Gasteiger partial charge in [0.2, 0.25) is 0 Å². The van der Waals surface area contributed by atoms with Crippen molar-refractivity contribution in [3.8, 4) is 0 Å². The van der Waals surface area contributed by atoms with Gasteiger partial charge in [-0.15, -0.1) is 12.4 Å². The van der Waals surface area contributed by atoms with Crippen molar-refractivity contribution in [3.05, 3.63) is 18.2 Å². The number of nitrogens with zero attached hydrogens (tertiary/aromatic N) is 4. The Morgan fingerprint density at radius 1 is 1.54 bits per heavy atom. The van der Waals surface area contributed by atoms with Gasteiger partial charge in [0.1, 0.15) is 5.82 Å². The van der Waals surface area contributed by atoms with Gasteiger partial charge in [-0.1, -0.05) is 0 Å². The van der Waals surface area contributed by atoms with Crippen LogP contribution in [0.15, 0.2) is 12.4 Å². The van der Waals surface area contributed by atoms with Crippen LogP contribution in [0.1, 0.15) is 18.3 Å². The van der Waals surface area contributed by atoms with Crippen LogP contribution in [0.25, 0.3) is 0 Å². The molecule has 1 aromatic heterocycles. The molecule has 1 atom stereocenters. The Morgan fingerprint density at radius 2 is 2.25 bits per heavy atom. The number of halogens is 1. The molecule has 0 amide bonds. The maximum absolute atomic E-state index is 12.8. The lowest BCUT2D eigenvalue weighted by molar-refractivity contribution is -0.140. The monoisotopic (exact) mass is 381 g/mol. The van der Waals surface area contributed by atoms with Gasteiger partial charge in [0.15, 0.2) is 0 Å². The normalized spacial score (nSPS) is 19.1. The second-order valence-corrected chi connectivity index (χ2v) is 7.37. The number of hydrogen-bond donors (Lipinski definition) is 1. The first-order valence-corrected chi connectivity index (χ1v) is 8.75. The summed E-state index contributed by atoms with van der Waals surface area (Å²) in [4.78, 5) is 15.5. The highest BCUT2D eigenvalue weighted by atomic mass is 35.5. The summed E-state index contributed by atoms with van der Waals surface area (Å²) in [5.41, 5.74) is 0. The number of aromatic nitrogens is 2. The average molecular weight is 382 g/mol. The number of imidazole rings is 1. The Labute approximate surface area is 148 Å². The van der Waals surface area contributed by atoms with Crippen LogP contribution in [-0.2, 0) is 26.8 Å². The number of carbonyl (C=O) groups is 1. The molecule has 1 N–H and O–H groups in total. The van der Waals surface area contributed by atoms with Crippen LogP contribution in [0.2, 0.25) is 0 Å². The van der Waals surface area contributed by atoms with Gasteiger partial charge in [-0.3, -0.25) is 4.79 Å². The highest BCUT2D eigenvalue weighted by molar-refractivity contribution is 7.86. The number of piperazine rings is 1. The smallest absolute Gasteiger partial charge is 0.306 e. The molecule has 1 unspecified atom stereocenters. The highest BCUT2D eigenvalue weighted by Gasteiger charge is 2.37. The van der Waals surface area contributed by atoms with E-state index >= 15 is 0 Å². The Morgan fingerprint density at radius 3 is 2.83 bits per heavy atom. The highest BCUT2D eigenvalue weighted by Crippen LogP contribution is 2.25. The number of rotatable bonds is 6. The van der Waals surface area contributed by atoms with E-state index in [9.17, 15) is 13.2 Å². The number of esters is 1. The molecule has 0 aliphatic carbocycles. The van der Waals surface area contributed by atoms with Crippen LogP contribution >= 0.6 is 12.4 Å². The molecular formula is C13H24ClN5O4S. The molecule has 1 saturated heterocycles. The summed E-state index contributed by atoms with van der Waals surface area (Å²) >= 11 is 0. The van der Waals surface area contributed by atoms with Crippen molar-refractivity contribution >= 4 is 28.6 Å². The van der Waals surface area contributed by atoms with Crippen LogP contribution in [0, 0.1) is 0 Å². The number of hydrogen-bond acceptors (Lipinski definition) is 6. The van der Waals surface area contributed by atoms with Crippen molar-refractivity contribution in [2.24, 2.45) is 7.05 Å². The van der Waals surface area contributed by atoms with E-state index in [1.165, 1.54) is 22.8 Å². The molecule has 0 aromatic carbocycles. The first kappa shape index (κ1) is 20.8. The van der Waals surface area contributed by atoms with E-state index in [1.807, 2.05) is 11.6 Å². The fourth-order valence-electron chi connectivity index (χ4n) is 2.53. The van der Waals surface area contributed by atoms with Gasteiger partial charge in [-0.05, 0) is 0 Å². The van der Waals surface area contributed by atoms with E-state index in [0.29, 0.717) is 25.5 Å². The van der Waals surface area contributed by atoms with Gasteiger partial charge in [0.25, 0.3) is 10.2 Å². The zero-order valence-corrected chi connectivity index (χ0v) is 15.6. The summed E-state index contributed by atoms with van der Waals surface area (Å²) in [6, 6.07) is -0.380. The van der Waals surface area contributed by atoms with Crippen LogP contribution in [-0.4, -0.2) is 72.9 Å². The van der Waals surface area contributed by atoms with Gasteiger partial charge < -0.3 is 14.6 Å². The third-order valence-corrected chi connectivity index (χ3v) is 5.90. The first-order chi connectivity index (χ1) is 10.9. The fraction of sp³-hybridized carbons (Fsp3) is 0.692. The van der Waals surface area contributed by atoms with Gasteiger partial charge in [-0.25, -0.2) is 4.98 Å². The van der Waals surface area contributed by atoms with E-state index in [2.05, 4.69) is 15.0 Å². The lowest BCUT2D eigenvalue weighted by atomic mass is 10.2. The first-order valence-electron chi connectivity index (χ1n) is 7.35. The molecule has 11 heteroatoms. The lowest BCUT2D eigenvalue weighted by Crippen LogP contribution is -2.53. The van der Waals surface area contributed by atoms with Gasteiger partial charge in [-0.2, -0.15) is 17.0 Å². The molecule has 0 saturated carbocycles. The Hall–Kier alpha value is -1.20. The standard InChI is InChI=1S/C13H23N5O4S.ClH/c1-16-8-6-15-13(16)11-10-14-5-9-18(11)23(20,21)17(2)7-4-12(19)22-3;/h6,8,11,14H,4-5,7,9-10H2,1-3H3;1H. The predicted molar refractivity (Wildman–Crippen MR) is 91.0 cm³/mol. The number of ether oxygens (including phenoxy) is 1. The van der Waals surface area contributed by atoms with Crippen molar-refractivity contribution in [2.45, 2.75) is 12.5 Å². The zero-order valence-electron chi connectivity index (χ0n) is 14.0. The molecule has 0 radical (unpaired) electrons. The van der Waals surface area contributed by atoms with Gasteiger partial charge >= 0.3 is 5.97 Å². The quantitative estimate of drug-likeness (QED) is 0.669. The topological polar surface area (TPSA) is 96.8 Å². The Kier molecular flexibility index (Phi) is 7.61. The minimum Gasteiger partial charge on any atom is -0.469 e. The Balaban J connectivity index is 0.00000288. The van der Waals surface area contributed by atoms with E-state index in [-0.39, 0.29) is 31.4 Å². The zero-order chi connectivity index (χ0) is 17.0. The van der Waals surface area contributed by atoms with E-state index in [0.717, 1.165) is 0 Å². The van der Waals surface area contributed by atoms with Crippen LogP contribution in [0.3, 0.4) is 0 Å². The maximum atomic E-state index is 12.8. The summed E-state index contributed by atoms with van der Waals surface area (Å²) in [7, 11) is 0.894. The summed E-state index contributed by atoms with van der Waals surface area (Å²) < 4.78 is 34.7. The van der Waals surface area contributed by atoms with Crippen molar-refractivity contribution in [2.75, 3.05) is 40.3 Å². The second-order valence-electron chi connectivity index (χ2n) is 5.38. The van der Waals surface area contributed by atoms with Crippen molar-refractivity contribution < 1.29 is 17.9 Å². The van der Waals surface area contributed by atoms with Crippen molar-refractivity contribution in [1.29, 1.82) is 0 Å². The minimum absolute atomic E-state index is 0. The molecular weight excluding hydrogens is 358 g/mol. The van der Waals surface area contributed by atoms with Crippen molar-refractivity contribution in [3.63, 3.8) is 0 Å². The minimum atomic E-state index is -3.69. The van der Waals surface area contributed by atoms with Crippen LogP contribution in [0.5, 0.6) is 0 Å². The van der Waals surface area contributed by atoms with E-state index in [4.69, 9.17) is 0 Å². The lowest BCUT2D eigenvalue weighted by Gasteiger charge is -2.36. The predicted octanol–water partition coefficient (Wildman–Crippen LogP) is -0.472. The third kappa shape index (κ3) is 4.45. The molecule has 2 heterocycles. The molecule has 9 nitrogen and oxygen atoms in total. The molecule has 24 heavy (non-hydrogen) atoms. The molecule has 1 aliphatic rings. The molecule has 138 valence electrons. The van der Waals surface area contributed by atoms with Crippen LogP contribution < -0.4 is 5.32 Å². The maximum Gasteiger partial charge on any atom is 0.306 e. The molecule has 0 spiro atoms. The molecule has 2 rings (SSSR count). The summed E-state index contributed by atoms with van der Waals surface area (Å²) in [5.74, 6) is 0.246. The van der Waals surface area contributed by atoms with Crippen LogP contribution in [0.4, 0.5) is 0 Å². The van der Waals surface area contributed by atoms with E-state index in [1.54, 1.807) is 12.4 Å². The summed E-state index contributed by atoms with van der Waals surface area (Å²) in [6.07, 6.45) is 3.46. The van der Waals surface area contributed by atoms with Crippen molar-refractivity contribution in [1.82, 2.24) is 23.5 Å². The number of nitrogens with one attached hydrogen (secondary N) is 1. The molecule has 0 bridgehead atoms. The number of carbonyl (C=O) groups excluding carboxylic acids is 1. The SMILES string of the molecule is COC(=O)CCN(C)S(=O)(=O)N1CCNCC1c1nccn1C.Cl. The Bertz CT molecular complexity index is 651. The van der Waals surface area contributed by atoms with E-state index < -0.39 is 16.2 Å².